The van der Waals surface area contributed by atoms with Crippen molar-refractivity contribution >= 4 is 11.9 Å². The molecule has 88 valence electrons. The van der Waals surface area contributed by atoms with Crippen molar-refractivity contribution in [1.29, 1.82) is 0 Å². The van der Waals surface area contributed by atoms with Gasteiger partial charge in [0.05, 0.1) is 0 Å². The quantitative estimate of drug-likeness (QED) is 0.713. The van der Waals surface area contributed by atoms with E-state index < -0.39 is 0 Å². The predicted octanol–water partition coefficient (Wildman–Crippen LogP) is 2.58. The summed E-state index contributed by atoms with van der Waals surface area (Å²) in [4.78, 5) is 12.1. The lowest BCUT2D eigenvalue weighted by atomic mass is 10.1. The summed E-state index contributed by atoms with van der Waals surface area (Å²) >= 11 is 0. The maximum Gasteiger partial charge on any atom is 0.189 e. The normalized spacial score (nSPS) is 16.0. The van der Waals surface area contributed by atoms with Crippen molar-refractivity contribution in [2.24, 2.45) is 0 Å². The Morgan fingerprint density at radius 2 is 1.83 bits per heavy atom. The van der Waals surface area contributed by atoms with Crippen LogP contribution in [0.5, 0.6) is 5.75 Å². The third-order valence-corrected chi connectivity index (χ3v) is 3.14. The first-order chi connectivity index (χ1) is 8.74. The predicted molar refractivity (Wildman–Crippen MR) is 68.3 cm³/mol. The van der Waals surface area contributed by atoms with Gasteiger partial charge >= 0.3 is 0 Å². The van der Waals surface area contributed by atoms with Crippen molar-refractivity contribution in [3.63, 3.8) is 0 Å². The Balaban J connectivity index is 2.00. The fourth-order valence-corrected chi connectivity index (χ4v) is 2.25. The summed E-state index contributed by atoms with van der Waals surface area (Å²) in [6.45, 7) is 0. The van der Waals surface area contributed by atoms with Crippen molar-refractivity contribution < 1.29 is 9.90 Å². The van der Waals surface area contributed by atoms with Crippen LogP contribution in [0.25, 0.3) is 6.08 Å². The number of ketones is 1. The van der Waals surface area contributed by atoms with Crippen LogP contribution in [0.15, 0.2) is 54.1 Å². The zero-order valence-electron chi connectivity index (χ0n) is 9.72. The lowest BCUT2D eigenvalue weighted by Gasteiger charge is -2.05. The highest BCUT2D eigenvalue weighted by Crippen LogP contribution is 2.29. The van der Waals surface area contributed by atoms with Gasteiger partial charge in [-0.2, -0.15) is 0 Å². The Morgan fingerprint density at radius 3 is 2.61 bits per heavy atom. The summed E-state index contributed by atoms with van der Waals surface area (Å²) in [6.07, 6.45) is 2.51. The number of hydrogen-bond donors (Lipinski definition) is 0. The van der Waals surface area contributed by atoms with Crippen molar-refractivity contribution in [3.05, 3.63) is 70.8 Å². The molecule has 0 bridgehead atoms. The summed E-state index contributed by atoms with van der Waals surface area (Å²) in [6, 6.07) is 14.4. The largest absolute Gasteiger partial charge is 0.872 e. The first kappa shape index (κ1) is 10.8. The average Bonchev–Trinajstić information content (AvgIpc) is 2.68. The van der Waals surface area contributed by atoms with Crippen LogP contribution < -0.4 is 5.11 Å². The van der Waals surface area contributed by atoms with Crippen LogP contribution in [0.2, 0.25) is 0 Å². The molecule has 0 spiro atoms. The number of benzene rings is 2. The molecule has 2 nitrogen and oxygen atoms in total. The number of allylic oxidation sites excluding steroid dienone is 1. The number of rotatable bonds is 1. The SMILES string of the molecule is O=C1/C(=C/c2ccccc2)Cc2ccc([O-])cc21. The minimum Gasteiger partial charge on any atom is -0.872 e. The Morgan fingerprint density at radius 1 is 1.06 bits per heavy atom. The number of Topliss-reactive ketones (excluding diaryl/α,β-unsaturated/α-hetero) is 1. The molecule has 1 aliphatic rings. The van der Waals surface area contributed by atoms with Crippen LogP contribution in [0.1, 0.15) is 21.5 Å². The zero-order chi connectivity index (χ0) is 12.5. The van der Waals surface area contributed by atoms with Gasteiger partial charge in [-0.1, -0.05) is 48.5 Å². The number of hydrogen-bond acceptors (Lipinski definition) is 2. The van der Waals surface area contributed by atoms with Gasteiger partial charge in [-0.15, -0.1) is 5.75 Å². The Kier molecular flexibility index (Phi) is 2.49. The van der Waals surface area contributed by atoms with Crippen LogP contribution >= 0.6 is 0 Å². The molecule has 2 aromatic rings. The summed E-state index contributed by atoms with van der Waals surface area (Å²) in [7, 11) is 0. The smallest absolute Gasteiger partial charge is 0.189 e. The first-order valence-corrected chi connectivity index (χ1v) is 5.84. The fourth-order valence-electron chi connectivity index (χ4n) is 2.25. The molecule has 0 heterocycles. The highest BCUT2D eigenvalue weighted by molar-refractivity contribution is 6.15. The summed E-state index contributed by atoms with van der Waals surface area (Å²) in [5, 5.41) is 11.3. The third-order valence-electron chi connectivity index (χ3n) is 3.14. The van der Waals surface area contributed by atoms with E-state index in [9.17, 15) is 9.90 Å². The van der Waals surface area contributed by atoms with Gasteiger partial charge < -0.3 is 5.11 Å². The van der Waals surface area contributed by atoms with Gasteiger partial charge in [-0.25, -0.2) is 0 Å². The average molecular weight is 235 g/mol. The summed E-state index contributed by atoms with van der Waals surface area (Å²) < 4.78 is 0. The molecule has 0 aliphatic heterocycles. The lowest BCUT2D eigenvalue weighted by Crippen LogP contribution is -1.97. The molecule has 0 saturated carbocycles. The molecule has 0 atom stereocenters. The highest BCUT2D eigenvalue weighted by Gasteiger charge is 2.23. The molecule has 2 aromatic carbocycles. The lowest BCUT2D eigenvalue weighted by molar-refractivity contribution is -0.268. The zero-order valence-corrected chi connectivity index (χ0v) is 9.72. The van der Waals surface area contributed by atoms with E-state index in [1.165, 1.54) is 12.1 Å². The number of carbonyl (C=O) groups is 1. The standard InChI is InChI=1S/C16H12O2/c17-14-7-6-12-9-13(16(18)15(12)10-14)8-11-4-2-1-3-5-11/h1-8,10,17H,9H2/p-1/b13-8+. The summed E-state index contributed by atoms with van der Waals surface area (Å²) in [5.41, 5.74) is 3.27. The molecule has 0 saturated heterocycles. The van der Waals surface area contributed by atoms with Crippen molar-refractivity contribution in [1.82, 2.24) is 0 Å². The van der Waals surface area contributed by atoms with Crippen LogP contribution in [0.4, 0.5) is 0 Å². The molecule has 18 heavy (non-hydrogen) atoms. The van der Waals surface area contributed by atoms with Crippen molar-refractivity contribution in [2.75, 3.05) is 0 Å². The second-order valence-electron chi connectivity index (χ2n) is 4.41. The summed E-state index contributed by atoms with van der Waals surface area (Å²) in [5.74, 6) is -0.130. The molecule has 0 aromatic heterocycles. The van der Waals surface area contributed by atoms with E-state index in [1.54, 1.807) is 6.07 Å². The topological polar surface area (TPSA) is 40.1 Å². The van der Waals surface area contributed by atoms with Gasteiger partial charge in [0.2, 0.25) is 0 Å². The van der Waals surface area contributed by atoms with Crippen LogP contribution in [0.3, 0.4) is 0 Å². The molecule has 0 fully saturated rings. The monoisotopic (exact) mass is 235 g/mol. The maximum absolute atomic E-state index is 12.1. The molecular formula is C16H11O2-. The molecular weight excluding hydrogens is 224 g/mol. The molecule has 1 aliphatic carbocycles. The van der Waals surface area contributed by atoms with Gasteiger partial charge in [0.15, 0.2) is 5.78 Å². The minimum absolute atomic E-state index is 0.0217. The van der Waals surface area contributed by atoms with Gasteiger partial charge in [-0.05, 0) is 17.2 Å². The van der Waals surface area contributed by atoms with E-state index in [4.69, 9.17) is 0 Å². The third kappa shape index (κ3) is 1.82. The minimum atomic E-state index is -0.108. The Labute approximate surface area is 105 Å². The van der Waals surface area contributed by atoms with Gasteiger partial charge in [0.25, 0.3) is 0 Å². The number of fused-ring (bicyclic) bond motifs is 1. The highest BCUT2D eigenvalue weighted by atomic mass is 16.3. The van der Waals surface area contributed by atoms with E-state index in [-0.39, 0.29) is 11.5 Å². The van der Waals surface area contributed by atoms with Gasteiger partial charge in [0.1, 0.15) is 0 Å². The van der Waals surface area contributed by atoms with Crippen molar-refractivity contribution in [2.45, 2.75) is 6.42 Å². The van der Waals surface area contributed by atoms with Crippen LogP contribution in [-0.2, 0) is 6.42 Å². The second-order valence-corrected chi connectivity index (χ2v) is 4.41. The van der Waals surface area contributed by atoms with Crippen LogP contribution in [0, 0.1) is 0 Å². The molecule has 2 heteroatoms. The van der Waals surface area contributed by atoms with E-state index >= 15 is 0 Å². The molecule has 0 amide bonds. The van der Waals surface area contributed by atoms with E-state index in [2.05, 4.69) is 0 Å². The second kappa shape index (κ2) is 4.15. The Hall–Kier alpha value is -2.35. The fraction of sp³-hybridized carbons (Fsp3) is 0.0625. The number of carbonyl (C=O) groups excluding carboxylic acids is 1. The van der Waals surface area contributed by atoms with Gasteiger partial charge in [0, 0.05) is 17.6 Å². The van der Waals surface area contributed by atoms with Gasteiger partial charge in [-0.3, -0.25) is 4.79 Å². The van der Waals surface area contributed by atoms with Crippen molar-refractivity contribution in [3.8, 4) is 5.75 Å². The molecule has 0 N–H and O–H groups in total. The molecule has 0 radical (unpaired) electrons. The van der Waals surface area contributed by atoms with Crippen LogP contribution in [-0.4, -0.2) is 5.78 Å². The van der Waals surface area contributed by atoms with E-state index in [0.29, 0.717) is 12.0 Å². The van der Waals surface area contributed by atoms with E-state index in [1.807, 2.05) is 36.4 Å². The first-order valence-electron chi connectivity index (χ1n) is 5.84. The molecule has 3 rings (SSSR count). The maximum atomic E-state index is 12.1. The molecule has 0 unspecified atom stereocenters. The van der Waals surface area contributed by atoms with E-state index in [0.717, 1.165) is 16.7 Å². The Bertz CT molecular complexity index is 639.